The molecule has 1 aromatic carbocycles. The molecule has 1 atom stereocenters. The van der Waals surface area contributed by atoms with Crippen molar-refractivity contribution in [2.24, 2.45) is 0 Å². The molecular weight excluding hydrogens is 273 g/mol. The first-order valence-electron chi connectivity index (χ1n) is 6.82. The topological polar surface area (TPSA) is 56.3 Å². The highest BCUT2D eigenvalue weighted by Crippen LogP contribution is 2.28. The molecule has 2 aromatic rings. The summed E-state index contributed by atoms with van der Waals surface area (Å²) in [7, 11) is 0. The second-order valence-corrected chi connectivity index (χ2v) is 4.86. The molecule has 110 valence electrons. The van der Waals surface area contributed by atoms with Gasteiger partial charge < -0.3 is 14.8 Å². The summed E-state index contributed by atoms with van der Waals surface area (Å²) in [5.74, 6) is 0.589. The number of aryl methyl sites for hydroxylation is 1. The van der Waals surface area contributed by atoms with E-state index in [4.69, 9.17) is 9.47 Å². The Morgan fingerprint density at radius 2 is 2.19 bits per heavy atom. The average Bonchev–Trinajstić information content (AvgIpc) is 2.52. The molecule has 5 nitrogen and oxygen atoms in total. The third-order valence-electron chi connectivity index (χ3n) is 3.24. The van der Waals surface area contributed by atoms with Crippen LogP contribution in [0.3, 0.4) is 0 Å². The van der Waals surface area contributed by atoms with E-state index in [1.807, 2.05) is 6.92 Å². The highest BCUT2D eigenvalue weighted by atomic mass is 19.1. The number of nitrogens with zero attached hydrogens (tertiary/aromatic N) is 2. The normalized spacial score (nSPS) is 18.5. The van der Waals surface area contributed by atoms with Crippen LogP contribution in [0.15, 0.2) is 30.3 Å². The molecule has 1 aliphatic heterocycles. The summed E-state index contributed by atoms with van der Waals surface area (Å²) in [6.07, 6.45) is -0.300. The van der Waals surface area contributed by atoms with Gasteiger partial charge in [-0.05, 0) is 31.2 Å². The maximum atomic E-state index is 14.0. The second kappa shape index (κ2) is 6.15. The summed E-state index contributed by atoms with van der Waals surface area (Å²) >= 11 is 0. The molecule has 0 radical (unpaired) electrons. The van der Waals surface area contributed by atoms with Crippen molar-refractivity contribution in [1.29, 1.82) is 0 Å². The van der Waals surface area contributed by atoms with E-state index in [1.54, 1.807) is 24.3 Å². The van der Waals surface area contributed by atoms with Crippen molar-refractivity contribution in [3.63, 3.8) is 0 Å². The maximum absolute atomic E-state index is 14.0. The molecule has 0 spiro atoms. The second-order valence-electron chi connectivity index (χ2n) is 4.86. The molecule has 1 saturated heterocycles. The smallest absolute Gasteiger partial charge is 0.238 e. The molecule has 0 amide bonds. The lowest BCUT2D eigenvalue weighted by molar-refractivity contribution is 0.0254. The van der Waals surface area contributed by atoms with Crippen LogP contribution in [0.25, 0.3) is 0 Å². The van der Waals surface area contributed by atoms with Crippen molar-refractivity contribution >= 4 is 0 Å². The molecule has 1 N–H and O–H groups in total. The summed E-state index contributed by atoms with van der Waals surface area (Å²) in [5, 5.41) is 11.0. The Morgan fingerprint density at radius 1 is 1.29 bits per heavy atom. The number of ether oxygens (including phenoxy) is 2. The molecule has 2 heterocycles. The van der Waals surface area contributed by atoms with Crippen molar-refractivity contribution in [3.05, 3.63) is 47.4 Å². The zero-order chi connectivity index (χ0) is 14.7. The van der Waals surface area contributed by atoms with E-state index >= 15 is 0 Å². The van der Waals surface area contributed by atoms with Crippen LogP contribution >= 0.6 is 0 Å². The Morgan fingerprint density at radius 3 is 2.90 bits per heavy atom. The number of halogens is 1. The largest absolute Gasteiger partial charge is 0.438 e. The summed E-state index contributed by atoms with van der Waals surface area (Å²) < 4.78 is 25.1. The van der Waals surface area contributed by atoms with Crippen molar-refractivity contribution in [2.75, 3.05) is 19.7 Å². The number of morpholine rings is 1. The predicted molar refractivity (Wildman–Crippen MR) is 74.8 cm³/mol. The van der Waals surface area contributed by atoms with E-state index in [0.29, 0.717) is 30.3 Å². The lowest BCUT2D eigenvalue weighted by atomic mass is 10.1. The van der Waals surface area contributed by atoms with Crippen LogP contribution in [-0.2, 0) is 4.74 Å². The van der Waals surface area contributed by atoms with Gasteiger partial charge in [0.05, 0.1) is 18.4 Å². The molecule has 0 unspecified atom stereocenters. The van der Waals surface area contributed by atoms with E-state index in [-0.39, 0.29) is 11.9 Å². The van der Waals surface area contributed by atoms with E-state index in [2.05, 4.69) is 15.5 Å². The molecule has 21 heavy (non-hydrogen) atoms. The van der Waals surface area contributed by atoms with Crippen molar-refractivity contribution < 1.29 is 13.9 Å². The molecule has 3 rings (SSSR count). The Balaban J connectivity index is 1.81. The predicted octanol–water partition coefficient (Wildman–Crippen LogP) is 2.38. The fourth-order valence-electron chi connectivity index (χ4n) is 2.16. The van der Waals surface area contributed by atoms with Gasteiger partial charge >= 0.3 is 0 Å². The molecule has 1 fully saturated rings. The van der Waals surface area contributed by atoms with Crippen LogP contribution in [0, 0.1) is 12.7 Å². The van der Waals surface area contributed by atoms with Gasteiger partial charge in [0.1, 0.15) is 11.6 Å². The molecule has 0 bridgehead atoms. The minimum atomic E-state index is -0.300. The van der Waals surface area contributed by atoms with E-state index < -0.39 is 0 Å². The van der Waals surface area contributed by atoms with Crippen LogP contribution in [0.1, 0.15) is 17.4 Å². The van der Waals surface area contributed by atoms with E-state index in [1.165, 1.54) is 6.07 Å². The number of hydrogen-bond acceptors (Lipinski definition) is 5. The van der Waals surface area contributed by atoms with Crippen LogP contribution in [0.2, 0.25) is 0 Å². The van der Waals surface area contributed by atoms with E-state index in [9.17, 15) is 4.39 Å². The molecular formula is C15H16FN3O2. The maximum Gasteiger partial charge on any atom is 0.238 e. The first-order chi connectivity index (χ1) is 10.2. The molecule has 1 aliphatic rings. The number of nitrogens with one attached hydrogen (secondary N) is 1. The third-order valence-corrected chi connectivity index (χ3v) is 3.24. The quantitative estimate of drug-likeness (QED) is 0.940. The first kappa shape index (κ1) is 13.9. The standard InChI is InChI=1S/C15H16FN3O2/c1-10-2-5-15(19-18-10)21-11-3-4-13(16)12(8-11)14-9-17-6-7-20-14/h2-5,8,14,17H,6-7,9H2,1H3/t14-/m0/s1. The van der Waals surface area contributed by atoms with Crippen molar-refractivity contribution in [2.45, 2.75) is 13.0 Å². The number of benzene rings is 1. The first-order valence-corrected chi connectivity index (χ1v) is 6.82. The summed E-state index contributed by atoms with van der Waals surface area (Å²) in [6, 6.07) is 8.13. The van der Waals surface area contributed by atoms with Gasteiger partial charge in [-0.15, -0.1) is 5.10 Å². The fourth-order valence-corrected chi connectivity index (χ4v) is 2.16. The van der Waals surface area contributed by atoms with Crippen molar-refractivity contribution in [3.8, 4) is 11.6 Å². The lowest BCUT2D eigenvalue weighted by Crippen LogP contribution is -2.33. The summed E-state index contributed by atoms with van der Waals surface area (Å²) in [4.78, 5) is 0. The summed E-state index contributed by atoms with van der Waals surface area (Å²) in [6.45, 7) is 3.79. The van der Waals surface area contributed by atoms with Gasteiger partial charge in [-0.2, -0.15) is 5.10 Å². The minimum Gasteiger partial charge on any atom is -0.438 e. The van der Waals surface area contributed by atoms with Gasteiger partial charge in [0, 0.05) is 24.7 Å². The highest BCUT2D eigenvalue weighted by molar-refractivity contribution is 5.34. The molecule has 0 aliphatic carbocycles. The average molecular weight is 289 g/mol. The van der Waals surface area contributed by atoms with Crippen molar-refractivity contribution in [1.82, 2.24) is 15.5 Å². The van der Waals surface area contributed by atoms with Gasteiger partial charge in [0.2, 0.25) is 5.88 Å². The van der Waals surface area contributed by atoms with Crippen LogP contribution in [0.5, 0.6) is 11.6 Å². The van der Waals surface area contributed by atoms with Crippen LogP contribution in [0.4, 0.5) is 4.39 Å². The minimum absolute atomic E-state index is 0.300. The van der Waals surface area contributed by atoms with Gasteiger partial charge in [0.25, 0.3) is 0 Å². The number of hydrogen-bond donors (Lipinski definition) is 1. The van der Waals surface area contributed by atoms with Gasteiger partial charge in [0.15, 0.2) is 0 Å². The Bertz CT molecular complexity index is 613. The monoisotopic (exact) mass is 289 g/mol. The van der Waals surface area contributed by atoms with E-state index in [0.717, 1.165) is 12.2 Å². The Hall–Kier alpha value is -2.05. The van der Waals surface area contributed by atoms with Gasteiger partial charge in [-0.25, -0.2) is 4.39 Å². The fraction of sp³-hybridized carbons (Fsp3) is 0.333. The lowest BCUT2D eigenvalue weighted by Gasteiger charge is -2.24. The Kier molecular flexibility index (Phi) is 4.08. The van der Waals surface area contributed by atoms with Crippen LogP contribution < -0.4 is 10.1 Å². The summed E-state index contributed by atoms with van der Waals surface area (Å²) in [5.41, 5.74) is 1.29. The van der Waals surface area contributed by atoms with Crippen LogP contribution in [-0.4, -0.2) is 29.9 Å². The SMILES string of the molecule is Cc1ccc(Oc2ccc(F)c([C@@H]3CNCCO3)c2)nn1. The highest BCUT2D eigenvalue weighted by Gasteiger charge is 2.20. The van der Waals surface area contributed by atoms with Gasteiger partial charge in [-0.3, -0.25) is 0 Å². The number of rotatable bonds is 3. The zero-order valence-electron chi connectivity index (χ0n) is 11.7. The molecule has 0 saturated carbocycles. The van der Waals surface area contributed by atoms with Gasteiger partial charge in [-0.1, -0.05) is 0 Å². The Labute approximate surface area is 122 Å². The third kappa shape index (κ3) is 3.34. The number of aromatic nitrogens is 2. The molecule has 6 heteroatoms. The molecule has 1 aromatic heterocycles. The zero-order valence-corrected chi connectivity index (χ0v) is 11.7.